The summed E-state index contributed by atoms with van der Waals surface area (Å²) in [6.45, 7) is 3.18. The topological polar surface area (TPSA) is 12.0 Å². The van der Waals surface area contributed by atoms with Crippen molar-refractivity contribution in [3.05, 3.63) is 71.1 Å². The lowest BCUT2D eigenvalue weighted by Gasteiger charge is -2.18. The molecule has 2 heteroatoms. The first-order valence-electron chi connectivity index (χ1n) is 7.62. The molecule has 1 atom stereocenters. The van der Waals surface area contributed by atoms with Gasteiger partial charge in [0.1, 0.15) is 0 Å². The van der Waals surface area contributed by atoms with Gasteiger partial charge in [-0.3, -0.25) is 0 Å². The maximum atomic E-state index is 3.61. The van der Waals surface area contributed by atoms with Gasteiger partial charge in [-0.15, -0.1) is 11.3 Å². The van der Waals surface area contributed by atoms with Crippen LogP contribution < -0.4 is 5.32 Å². The summed E-state index contributed by atoms with van der Waals surface area (Å²) >= 11 is 1.85. The zero-order valence-corrected chi connectivity index (χ0v) is 13.2. The molecule has 0 saturated carbocycles. The van der Waals surface area contributed by atoms with E-state index < -0.39 is 0 Å². The summed E-state index contributed by atoms with van der Waals surface area (Å²) in [7, 11) is 0. The van der Waals surface area contributed by atoms with Gasteiger partial charge >= 0.3 is 0 Å². The fraction of sp³-hybridized carbons (Fsp3) is 0.263. The third kappa shape index (κ3) is 3.34. The smallest absolute Gasteiger partial charge is 0.0374 e. The molecular formula is C19H21NS. The highest BCUT2D eigenvalue weighted by Gasteiger charge is 2.11. The predicted molar refractivity (Wildman–Crippen MR) is 93.0 cm³/mol. The molecule has 0 bridgehead atoms. The lowest BCUT2D eigenvalue weighted by atomic mass is 9.98. The van der Waals surface area contributed by atoms with Crippen LogP contribution in [-0.4, -0.2) is 6.54 Å². The van der Waals surface area contributed by atoms with E-state index in [1.165, 1.54) is 21.2 Å². The molecule has 1 N–H and O–H groups in total. The Morgan fingerprint density at radius 2 is 1.86 bits per heavy atom. The van der Waals surface area contributed by atoms with Crippen molar-refractivity contribution >= 4 is 21.4 Å². The number of thiophene rings is 1. The molecule has 21 heavy (non-hydrogen) atoms. The van der Waals surface area contributed by atoms with E-state index in [4.69, 9.17) is 0 Å². The fourth-order valence-electron chi connectivity index (χ4n) is 2.87. The number of fused-ring (bicyclic) bond motifs is 1. The highest BCUT2D eigenvalue weighted by atomic mass is 32.1. The summed E-state index contributed by atoms with van der Waals surface area (Å²) in [5.41, 5.74) is 2.86. The van der Waals surface area contributed by atoms with Crippen LogP contribution in [0.15, 0.2) is 60.0 Å². The lowest BCUT2D eigenvalue weighted by Crippen LogP contribution is -2.21. The van der Waals surface area contributed by atoms with E-state index in [0.717, 1.165) is 19.4 Å². The lowest BCUT2D eigenvalue weighted by molar-refractivity contribution is 0.516. The second-order valence-electron chi connectivity index (χ2n) is 5.32. The minimum Gasteiger partial charge on any atom is -0.310 e. The molecule has 0 spiro atoms. The molecular weight excluding hydrogens is 274 g/mol. The van der Waals surface area contributed by atoms with Crippen molar-refractivity contribution in [2.24, 2.45) is 0 Å². The van der Waals surface area contributed by atoms with E-state index in [9.17, 15) is 0 Å². The summed E-state index contributed by atoms with van der Waals surface area (Å²) in [5, 5.41) is 7.17. The Labute approximate surface area is 130 Å². The molecule has 3 rings (SSSR count). The standard InChI is InChI=1S/C19H21NS/c1-2-20-18(15-7-4-3-5-8-15)12-11-16-9-6-10-17-13-14-21-19(16)17/h3-10,13-14,18,20H,2,11-12H2,1H3. The molecule has 0 radical (unpaired) electrons. The van der Waals surface area contributed by atoms with Crippen molar-refractivity contribution in [2.75, 3.05) is 6.54 Å². The molecule has 0 aliphatic rings. The van der Waals surface area contributed by atoms with E-state index in [2.05, 4.69) is 72.2 Å². The van der Waals surface area contributed by atoms with Crippen molar-refractivity contribution in [2.45, 2.75) is 25.8 Å². The summed E-state index contributed by atoms with van der Waals surface area (Å²) in [6.07, 6.45) is 2.25. The zero-order chi connectivity index (χ0) is 14.5. The van der Waals surface area contributed by atoms with Crippen LogP contribution in [-0.2, 0) is 6.42 Å². The van der Waals surface area contributed by atoms with Crippen LogP contribution in [0.1, 0.15) is 30.5 Å². The Hall–Kier alpha value is -1.64. The van der Waals surface area contributed by atoms with Gasteiger partial charge in [0.2, 0.25) is 0 Å². The van der Waals surface area contributed by atoms with E-state index in [-0.39, 0.29) is 0 Å². The highest BCUT2D eigenvalue weighted by Crippen LogP contribution is 2.27. The molecule has 1 aromatic heterocycles. The largest absolute Gasteiger partial charge is 0.310 e. The summed E-state index contributed by atoms with van der Waals surface area (Å²) in [6, 6.07) is 20.1. The normalized spacial score (nSPS) is 12.6. The molecule has 1 unspecified atom stereocenters. The Balaban J connectivity index is 1.76. The number of aryl methyl sites for hydroxylation is 1. The van der Waals surface area contributed by atoms with Crippen molar-refractivity contribution in [3.63, 3.8) is 0 Å². The number of benzene rings is 2. The van der Waals surface area contributed by atoms with E-state index in [0.29, 0.717) is 6.04 Å². The van der Waals surface area contributed by atoms with E-state index in [1.54, 1.807) is 0 Å². The first kappa shape index (κ1) is 14.3. The molecule has 1 heterocycles. The van der Waals surface area contributed by atoms with Crippen LogP contribution in [0.25, 0.3) is 10.1 Å². The van der Waals surface area contributed by atoms with Crippen molar-refractivity contribution in [1.82, 2.24) is 5.32 Å². The second-order valence-corrected chi connectivity index (χ2v) is 6.23. The Kier molecular flexibility index (Phi) is 4.69. The molecule has 0 fully saturated rings. The molecule has 1 nitrogen and oxygen atoms in total. The molecule has 108 valence electrons. The highest BCUT2D eigenvalue weighted by molar-refractivity contribution is 7.17. The minimum atomic E-state index is 0.436. The third-order valence-corrected chi connectivity index (χ3v) is 4.92. The van der Waals surface area contributed by atoms with Gasteiger partial charge in [-0.1, -0.05) is 55.5 Å². The molecule has 3 aromatic rings. The quantitative estimate of drug-likeness (QED) is 0.660. The van der Waals surface area contributed by atoms with Gasteiger partial charge in [0, 0.05) is 10.7 Å². The Morgan fingerprint density at radius 1 is 1.00 bits per heavy atom. The van der Waals surface area contributed by atoms with Gasteiger partial charge in [0.15, 0.2) is 0 Å². The molecule has 0 saturated heterocycles. The summed E-state index contributed by atoms with van der Waals surface area (Å²) < 4.78 is 1.45. The average molecular weight is 295 g/mol. The van der Waals surface area contributed by atoms with Gasteiger partial charge in [-0.2, -0.15) is 0 Å². The second kappa shape index (κ2) is 6.88. The van der Waals surface area contributed by atoms with Crippen LogP contribution in [0.4, 0.5) is 0 Å². The predicted octanol–water partition coefficient (Wildman–Crippen LogP) is 5.18. The molecule has 0 amide bonds. The maximum Gasteiger partial charge on any atom is 0.0374 e. The van der Waals surface area contributed by atoms with Crippen LogP contribution in [0, 0.1) is 0 Å². The Bertz CT molecular complexity index is 687. The van der Waals surface area contributed by atoms with Crippen LogP contribution >= 0.6 is 11.3 Å². The minimum absolute atomic E-state index is 0.436. The summed E-state index contributed by atoms with van der Waals surface area (Å²) in [5.74, 6) is 0. The molecule has 0 aliphatic carbocycles. The van der Waals surface area contributed by atoms with Crippen molar-refractivity contribution in [3.8, 4) is 0 Å². The van der Waals surface area contributed by atoms with Gasteiger partial charge in [-0.05, 0) is 47.3 Å². The summed E-state index contributed by atoms with van der Waals surface area (Å²) in [4.78, 5) is 0. The molecule has 0 aliphatic heterocycles. The van der Waals surface area contributed by atoms with Crippen LogP contribution in [0.3, 0.4) is 0 Å². The van der Waals surface area contributed by atoms with Gasteiger partial charge < -0.3 is 5.32 Å². The first-order valence-corrected chi connectivity index (χ1v) is 8.50. The monoisotopic (exact) mass is 295 g/mol. The van der Waals surface area contributed by atoms with E-state index in [1.807, 2.05) is 11.3 Å². The van der Waals surface area contributed by atoms with Crippen molar-refractivity contribution < 1.29 is 0 Å². The number of hydrogen-bond donors (Lipinski definition) is 1. The average Bonchev–Trinajstić information content (AvgIpc) is 3.01. The number of hydrogen-bond acceptors (Lipinski definition) is 2. The number of rotatable bonds is 6. The van der Waals surface area contributed by atoms with Gasteiger partial charge in [0.05, 0.1) is 0 Å². The zero-order valence-electron chi connectivity index (χ0n) is 12.4. The SMILES string of the molecule is CCNC(CCc1cccc2ccsc12)c1ccccc1. The van der Waals surface area contributed by atoms with Crippen LogP contribution in [0.5, 0.6) is 0 Å². The molecule has 2 aromatic carbocycles. The third-order valence-electron chi connectivity index (χ3n) is 3.92. The number of nitrogens with one attached hydrogen (secondary N) is 1. The van der Waals surface area contributed by atoms with Gasteiger partial charge in [-0.25, -0.2) is 0 Å². The van der Waals surface area contributed by atoms with E-state index >= 15 is 0 Å². The fourth-order valence-corrected chi connectivity index (χ4v) is 3.81. The van der Waals surface area contributed by atoms with Crippen molar-refractivity contribution in [1.29, 1.82) is 0 Å². The van der Waals surface area contributed by atoms with Crippen LogP contribution in [0.2, 0.25) is 0 Å². The first-order chi connectivity index (χ1) is 10.4. The Morgan fingerprint density at radius 3 is 2.67 bits per heavy atom. The van der Waals surface area contributed by atoms with Gasteiger partial charge in [0.25, 0.3) is 0 Å². The maximum absolute atomic E-state index is 3.61.